The molecule has 0 radical (unpaired) electrons. The topological polar surface area (TPSA) is 25.4 Å². The summed E-state index contributed by atoms with van der Waals surface area (Å²) in [4.78, 5) is 7.21. The summed E-state index contributed by atoms with van der Waals surface area (Å²) in [5, 5.41) is 0. The number of hydrogen-bond acceptors (Lipinski definition) is 3. The molecule has 4 bridgehead atoms. The van der Waals surface area contributed by atoms with E-state index in [0.717, 1.165) is 17.4 Å². The van der Waals surface area contributed by atoms with Crippen molar-refractivity contribution in [3.05, 3.63) is 48.7 Å². The van der Waals surface area contributed by atoms with Crippen LogP contribution in [0.3, 0.4) is 0 Å². The van der Waals surface area contributed by atoms with Crippen LogP contribution in [-0.4, -0.2) is 35.6 Å². The zero-order valence-electron chi connectivity index (χ0n) is 13.3. The lowest BCUT2D eigenvalue weighted by Crippen LogP contribution is -2.61. The van der Waals surface area contributed by atoms with Gasteiger partial charge < -0.3 is 9.64 Å². The zero-order chi connectivity index (χ0) is 15.2. The predicted octanol–water partition coefficient (Wildman–Crippen LogP) is 3.47. The summed E-state index contributed by atoms with van der Waals surface area (Å²) in [5.41, 5.74) is 2.35. The third kappa shape index (κ3) is 2.43. The molecule has 4 fully saturated rings. The van der Waals surface area contributed by atoms with E-state index in [1.54, 1.807) is 0 Å². The minimum Gasteiger partial charge on any atom is -0.474 e. The maximum atomic E-state index is 6.34. The smallest absolute Gasteiger partial charge is 0.213 e. The zero-order valence-corrected chi connectivity index (χ0v) is 13.3. The van der Waals surface area contributed by atoms with Crippen LogP contribution in [0.25, 0.3) is 11.1 Å². The standard InChI is InChI=1S/C20H22N2O/c1-2-4-15(5-3-1)16-6-7-19(21-10-16)23-20-17-8-14-9-18(20)13-22(11-14)12-17/h1-7,10,14,17-18,20H,8-9,11-13H2/t14?,17-,18-,20?/m0/s1. The van der Waals surface area contributed by atoms with Gasteiger partial charge in [0, 0.05) is 49.3 Å². The molecule has 0 unspecified atom stereocenters. The summed E-state index contributed by atoms with van der Waals surface area (Å²) in [6.45, 7) is 3.77. The minimum atomic E-state index is 0.373. The van der Waals surface area contributed by atoms with Gasteiger partial charge in [0.25, 0.3) is 0 Å². The Kier molecular flexibility index (Phi) is 3.15. The molecule has 0 spiro atoms. The normalized spacial score (nSPS) is 34.5. The molecule has 1 aromatic heterocycles. The molecule has 1 aliphatic carbocycles. The maximum absolute atomic E-state index is 6.34. The van der Waals surface area contributed by atoms with E-state index < -0.39 is 0 Å². The molecule has 1 saturated carbocycles. The Labute approximate surface area is 137 Å². The number of pyridine rings is 1. The van der Waals surface area contributed by atoms with Crippen molar-refractivity contribution >= 4 is 0 Å². The summed E-state index contributed by atoms with van der Waals surface area (Å²) in [6.07, 6.45) is 5.00. The molecular formula is C20H22N2O. The highest BCUT2D eigenvalue weighted by Crippen LogP contribution is 2.44. The van der Waals surface area contributed by atoms with E-state index in [-0.39, 0.29) is 0 Å². The number of nitrogens with zero attached hydrogens (tertiary/aromatic N) is 2. The van der Waals surface area contributed by atoms with Gasteiger partial charge in [-0.3, -0.25) is 0 Å². The first-order chi connectivity index (χ1) is 11.3. The number of ether oxygens (including phenoxy) is 1. The van der Waals surface area contributed by atoms with Gasteiger partial charge in [0.05, 0.1) is 0 Å². The summed E-state index contributed by atoms with van der Waals surface area (Å²) in [6, 6.07) is 14.5. The number of aromatic nitrogens is 1. The monoisotopic (exact) mass is 306 g/mol. The third-order valence-corrected chi connectivity index (χ3v) is 5.80. The van der Waals surface area contributed by atoms with Crippen molar-refractivity contribution < 1.29 is 4.74 Å². The van der Waals surface area contributed by atoms with Crippen molar-refractivity contribution in [2.24, 2.45) is 17.8 Å². The van der Waals surface area contributed by atoms with Gasteiger partial charge in [-0.1, -0.05) is 30.3 Å². The fourth-order valence-corrected chi connectivity index (χ4v) is 4.95. The Bertz CT molecular complexity index is 655. The lowest BCUT2D eigenvalue weighted by Gasteiger charge is -2.55. The highest BCUT2D eigenvalue weighted by atomic mass is 16.5. The first-order valence-corrected chi connectivity index (χ1v) is 8.75. The molecule has 2 atom stereocenters. The molecule has 6 rings (SSSR count). The van der Waals surface area contributed by atoms with Crippen molar-refractivity contribution in [3.8, 4) is 17.0 Å². The molecule has 0 amide bonds. The maximum Gasteiger partial charge on any atom is 0.213 e. The van der Waals surface area contributed by atoms with Gasteiger partial charge in [0.15, 0.2) is 0 Å². The van der Waals surface area contributed by atoms with Crippen LogP contribution in [-0.2, 0) is 0 Å². The second-order valence-electron chi connectivity index (χ2n) is 7.41. The van der Waals surface area contributed by atoms with Crippen molar-refractivity contribution in [2.45, 2.75) is 18.9 Å². The molecule has 4 aliphatic rings. The quantitative estimate of drug-likeness (QED) is 0.868. The number of hydrogen-bond donors (Lipinski definition) is 0. The van der Waals surface area contributed by atoms with Crippen molar-refractivity contribution in [2.75, 3.05) is 19.6 Å². The van der Waals surface area contributed by atoms with Crippen LogP contribution in [0, 0.1) is 17.8 Å². The van der Waals surface area contributed by atoms with Crippen LogP contribution in [0.5, 0.6) is 5.88 Å². The first-order valence-electron chi connectivity index (χ1n) is 8.75. The number of rotatable bonds is 3. The summed E-state index contributed by atoms with van der Waals surface area (Å²) in [7, 11) is 0. The van der Waals surface area contributed by atoms with Gasteiger partial charge in [-0.2, -0.15) is 0 Å². The summed E-state index contributed by atoms with van der Waals surface area (Å²) < 4.78 is 6.34. The van der Waals surface area contributed by atoms with Crippen molar-refractivity contribution in [1.82, 2.24) is 9.88 Å². The second kappa shape index (κ2) is 5.34. The molecule has 118 valence electrons. The van der Waals surface area contributed by atoms with Gasteiger partial charge in [0.2, 0.25) is 5.88 Å². The molecule has 23 heavy (non-hydrogen) atoms. The van der Waals surface area contributed by atoms with Crippen LogP contribution >= 0.6 is 0 Å². The molecule has 3 saturated heterocycles. The fraction of sp³-hybridized carbons (Fsp3) is 0.450. The SMILES string of the molecule is c1ccc(-c2ccc(OC3[C@H]4CC5C[C@H]3CN(C5)C4)nc2)cc1. The Morgan fingerprint density at radius 2 is 1.65 bits per heavy atom. The molecular weight excluding hydrogens is 284 g/mol. The highest BCUT2D eigenvalue weighted by molar-refractivity contribution is 5.62. The van der Waals surface area contributed by atoms with Gasteiger partial charge in [-0.05, 0) is 30.4 Å². The van der Waals surface area contributed by atoms with Crippen LogP contribution in [0.2, 0.25) is 0 Å². The Morgan fingerprint density at radius 3 is 2.30 bits per heavy atom. The predicted molar refractivity (Wildman–Crippen MR) is 90.2 cm³/mol. The molecule has 4 heterocycles. The van der Waals surface area contributed by atoms with E-state index in [4.69, 9.17) is 4.74 Å². The number of piperidine rings is 3. The van der Waals surface area contributed by atoms with Gasteiger partial charge in [-0.25, -0.2) is 4.98 Å². The van der Waals surface area contributed by atoms with Crippen molar-refractivity contribution in [1.29, 1.82) is 0 Å². The summed E-state index contributed by atoms with van der Waals surface area (Å²) in [5.74, 6) is 3.12. The fourth-order valence-electron chi connectivity index (χ4n) is 4.95. The van der Waals surface area contributed by atoms with Crippen LogP contribution in [0.4, 0.5) is 0 Å². The summed E-state index contributed by atoms with van der Waals surface area (Å²) >= 11 is 0. The van der Waals surface area contributed by atoms with Crippen LogP contribution in [0.1, 0.15) is 12.8 Å². The number of benzene rings is 1. The average molecular weight is 306 g/mol. The second-order valence-corrected chi connectivity index (χ2v) is 7.41. The highest BCUT2D eigenvalue weighted by Gasteiger charge is 2.48. The third-order valence-electron chi connectivity index (χ3n) is 5.80. The molecule has 1 aromatic carbocycles. The van der Waals surface area contributed by atoms with Gasteiger partial charge in [-0.15, -0.1) is 0 Å². The van der Waals surface area contributed by atoms with E-state index in [2.05, 4.69) is 40.2 Å². The van der Waals surface area contributed by atoms with E-state index in [0.29, 0.717) is 17.9 Å². The lowest BCUT2D eigenvalue weighted by atomic mass is 9.66. The molecule has 3 nitrogen and oxygen atoms in total. The van der Waals surface area contributed by atoms with Crippen molar-refractivity contribution in [3.63, 3.8) is 0 Å². The molecule has 2 aromatic rings. The van der Waals surface area contributed by atoms with Crippen LogP contribution in [0.15, 0.2) is 48.7 Å². The largest absolute Gasteiger partial charge is 0.474 e. The van der Waals surface area contributed by atoms with Crippen LogP contribution < -0.4 is 4.74 Å². The molecule has 3 heteroatoms. The van der Waals surface area contributed by atoms with E-state index in [1.807, 2.05) is 18.3 Å². The van der Waals surface area contributed by atoms with E-state index in [9.17, 15) is 0 Å². The van der Waals surface area contributed by atoms with E-state index >= 15 is 0 Å². The average Bonchev–Trinajstić information content (AvgIpc) is 2.59. The Morgan fingerprint density at radius 1 is 0.870 bits per heavy atom. The molecule has 3 aliphatic heterocycles. The Hall–Kier alpha value is -1.87. The minimum absolute atomic E-state index is 0.373. The first kappa shape index (κ1) is 13.6. The molecule has 0 N–H and O–H groups in total. The lowest BCUT2D eigenvalue weighted by molar-refractivity contribution is -0.0997. The van der Waals surface area contributed by atoms with E-state index in [1.165, 1.54) is 38.0 Å². The van der Waals surface area contributed by atoms with Gasteiger partial charge >= 0.3 is 0 Å². The van der Waals surface area contributed by atoms with Gasteiger partial charge in [0.1, 0.15) is 6.10 Å². The Balaban J connectivity index is 1.33.